The minimum absolute atomic E-state index is 0.189. The number of likely N-dealkylation sites (tertiary alicyclic amines) is 2. The monoisotopic (exact) mass is 330 g/mol. The number of rotatable bonds is 5. The second-order valence-corrected chi connectivity index (χ2v) is 7.45. The van der Waals surface area contributed by atoms with Gasteiger partial charge < -0.3 is 14.5 Å². The molecule has 1 aromatic carbocycles. The SMILES string of the molecule is CC(C)OCc1ccc(C(=O)N2CCCC2C2CCCN2C)cc1. The van der Waals surface area contributed by atoms with Crippen molar-refractivity contribution < 1.29 is 9.53 Å². The molecule has 0 spiro atoms. The molecule has 0 aromatic heterocycles. The van der Waals surface area contributed by atoms with Crippen LogP contribution in [0.4, 0.5) is 0 Å². The van der Waals surface area contributed by atoms with Crippen molar-refractivity contribution in [2.75, 3.05) is 20.1 Å². The third kappa shape index (κ3) is 3.81. The minimum atomic E-state index is 0.189. The van der Waals surface area contributed by atoms with Crippen LogP contribution in [0.25, 0.3) is 0 Å². The van der Waals surface area contributed by atoms with E-state index in [0.29, 0.717) is 18.7 Å². The van der Waals surface area contributed by atoms with E-state index >= 15 is 0 Å². The lowest BCUT2D eigenvalue weighted by Gasteiger charge is -2.33. The van der Waals surface area contributed by atoms with Crippen LogP contribution in [0.2, 0.25) is 0 Å². The van der Waals surface area contributed by atoms with Crippen LogP contribution in [0.1, 0.15) is 55.5 Å². The molecule has 0 saturated carbocycles. The van der Waals surface area contributed by atoms with Crippen LogP contribution in [-0.4, -0.2) is 54.0 Å². The average Bonchev–Trinajstić information content (AvgIpc) is 3.21. The maximum Gasteiger partial charge on any atom is 0.254 e. The van der Waals surface area contributed by atoms with Crippen molar-refractivity contribution in [3.05, 3.63) is 35.4 Å². The molecule has 2 aliphatic rings. The van der Waals surface area contributed by atoms with Crippen molar-refractivity contribution in [3.8, 4) is 0 Å². The van der Waals surface area contributed by atoms with E-state index in [0.717, 1.165) is 37.1 Å². The van der Waals surface area contributed by atoms with Crippen molar-refractivity contribution >= 4 is 5.91 Å². The van der Waals surface area contributed by atoms with E-state index in [1.54, 1.807) is 0 Å². The standard InChI is InChI=1S/C20H30N2O2/c1-15(2)24-14-16-8-10-17(11-9-16)20(23)22-13-5-7-19(22)18-6-4-12-21(18)3/h8-11,15,18-19H,4-7,12-14H2,1-3H3. The lowest BCUT2D eigenvalue weighted by atomic mass is 10.0. The molecule has 2 fully saturated rings. The maximum atomic E-state index is 13.0. The van der Waals surface area contributed by atoms with Gasteiger partial charge in [0.2, 0.25) is 0 Å². The van der Waals surface area contributed by atoms with Gasteiger partial charge in [-0.05, 0) is 70.8 Å². The smallest absolute Gasteiger partial charge is 0.254 e. The number of carbonyl (C=O) groups excluding carboxylic acids is 1. The van der Waals surface area contributed by atoms with Gasteiger partial charge in [0.25, 0.3) is 5.91 Å². The summed E-state index contributed by atoms with van der Waals surface area (Å²) in [7, 11) is 2.20. The van der Waals surface area contributed by atoms with E-state index in [1.165, 1.54) is 12.8 Å². The molecule has 1 amide bonds. The van der Waals surface area contributed by atoms with Crippen molar-refractivity contribution in [2.45, 2.75) is 64.3 Å². The summed E-state index contributed by atoms with van der Waals surface area (Å²) >= 11 is 0. The van der Waals surface area contributed by atoms with E-state index < -0.39 is 0 Å². The highest BCUT2D eigenvalue weighted by Gasteiger charge is 2.38. The molecule has 4 nitrogen and oxygen atoms in total. The Labute approximate surface area is 145 Å². The summed E-state index contributed by atoms with van der Waals surface area (Å²) in [5.74, 6) is 0.189. The number of benzene rings is 1. The summed E-state index contributed by atoms with van der Waals surface area (Å²) in [6.45, 7) is 6.72. The molecule has 4 heteroatoms. The van der Waals surface area contributed by atoms with E-state index in [4.69, 9.17) is 4.74 Å². The summed E-state index contributed by atoms with van der Waals surface area (Å²) in [5.41, 5.74) is 1.92. The van der Waals surface area contributed by atoms with Gasteiger partial charge in [-0.1, -0.05) is 12.1 Å². The van der Waals surface area contributed by atoms with Crippen LogP contribution < -0.4 is 0 Å². The maximum absolute atomic E-state index is 13.0. The highest BCUT2D eigenvalue weighted by atomic mass is 16.5. The van der Waals surface area contributed by atoms with Crippen LogP contribution >= 0.6 is 0 Å². The van der Waals surface area contributed by atoms with E-state index in [9.17, 15) is 4.79 Å². The molecule has 1 aromatic rings. The van der Waals surface area contributed by atoms with Crippen molar-refractivity contribution in [3.63, 3.8) is 0 Å². The van der Waals surface area contributed by atoms with Crippen molar-refractivity contribution in [1.82, 2.24) is 9.80 Å². The Hall–Kier alpha value is -1.39. The quantitative estimate of drug-likeness (QED) is 0.830. The predicted molar refractivity (Wildman–Crippen MR) is 96.1 cm³/mol. The first-order valence-corrected chi connectivity index (χ1v) is 9.28. The largest absolute Gasteiger partial charge is 0.374 e. The second-order valence-electron chi connectivity index (χ2n) is 7.45. The molecular weight excluding hydrogens is 300 g/mol. The van der Waals surface area contributed by atoms with Crippen LogP contribution in [0.15, 0.2) is 24.3 Å². The third-order valence-corrected chi connectivity index (χ3v) is 5.37. The highest BCUT2D eigenvalue weighted by Crippen LogP contribution is 2.30. The highest BCUT2D eigenvalue weighted by molar-refractivity contribution is 5.94. The summed E-state index contributed by atoms with van der Waals surface area (Å²) in [6.07, 6.45) is 4.96. The van der Waals surface area contributed by atoms with Gasteiger partial charge in [-0.2, -0.15) is 0 Å². The zero-order valence-corrected chi connectivity index (χ0v) is 15.2. The molecule has 0 aliphatic carbocycles. The Morgan fingerprint density at radius 2 is 1.79 bits per heavy atom. The number of hydrogen-bond donors (Lipinski definition) is 0. The molecule has 3 rings (SSSR count). The fraction of sp³-hybridized carbons (Fsp3) is 0.650. The van der Waals surface area contributed by atoms with Crippen LogP contribution in [0.3, 0.4) is 0 Å². The lowest BCUT2D eigenvalue weighted by Crippen LogP contribution is -2.47. The third-order valence-electron chi connectivity index (χ3n) is 5.37. The number of ether oxygens (including phenoxy) is 1. The number of amides is 1. The van der Waals surface area contributed by atoms with Crippen molar-refractivity contribution in [1.29, 1.82) is 0 Å². The number of hydrogen-bond acceptors (Lipinski definition) is 3. The molecule has 2 atom stereocenters. The van der Waals surface area contributed by atoms with Gasteiger partial charge in [0.15, 0.2) is 0 Å². The van der Waals surface area contributed by atoms with Crippen molar-refractivity contribution in [2.24, 2.45) is 0 Å². The molecular formula is C20H30N2O2. The van der Waals surface area contributed by atoms with E-state index in [-0.39, 0.29) is 12.0 Å². The Morgan fingerprint density at radius 3 is 2.42 bits per heavy atom. The first-order valence-electron chi connectivity index (χ1n) is 9.28. The molecule has 2 saturated heterocycles. The van der Waals surface area contributed by atoms with Crippen LogP contribution in [-0.2, 0) is 11.3 Å². The number of likely N-dealkylation sites (N-methyl/N-ethyl adjacent to an activating group) is 1. The average molecular weight is 330 g/mol. The topological polar surface area (TPSA) is 32.8 Å². The van der Waals surface area contributed by atoms with Gasteiger partial charge in [0, 0.05) is 24.2 Å². The molecule has 0 radical (unpaired) electrons. The van der Waals surface area contributed by atoms with E-state index in [2.05, 4.69) is 16.8 Å². The molecule has 2 aliphatic heterocycles. The Bertz CT molecular complexity index is 555. The van der Waals surface area contributed by atoms with Gasteiger partial charge >= 0.3 is 0 Å². The summed E-state index contributed by atoms with van der Waals surface area (Å²) in [4.78, 5) is 17.5. The van der Waals surface area contributed by atoms with Crippen LogP contribution in [0, 0.1) is 0 Å². The van der Waals surface area contributed by atoms with E-state index in [1.807, 2.05) is 38.1 Å². The fourth-order valence-electron chi connectivity index (χ4n) is 4.04. The first-order chi connectivity index (χ1) is 11.6. The van der Waals surface area contributed by atoms with Gasteiger partial charge in [0.1, 0.15) is 0 Å². The number of carbonyl (C=O) groups is 1. The Balaban J connectivity index is 1.66. The molecule has 24 heavy (non-hydrogen) atoms. The predicted octanol–water partition coefficient (Wildman–Crippen LogP) is 3.31. The van der Waals surface area contributed by atoms with Gasteiger partial charge in [0.05, 0.1) is 12.7 Å². The Kier molecular flexibility index (Phi) is 5.57. The lowest BCUT2D eigenvalue weighted by molar-refractivity contribution is 0.0648. The molecule has 2 heterocycles. The van der Waals surface area contributed by atoms with Gasteiger partial charge in [-0.15, -0.1) is 0 Å². The van der Waals surface area contributed by atoms with Gasteiger partial charge in [-0.25, -0.2) is 0 Å². The molecule has 132 valence electrons. The molecule has 2 unspecified atom stereocenters. The fourth-order valence-corrected chi connectivity index (χ4v) is 4.04. The summed E-state index contributed by atoms with van der Waals surface area (Å²) in [5, 5.41) is 0. The second kappa shape index (κ2) is 7.66. The van der Waals surface area contributed by atoms with Gasteiger partial charge in [-0.3, -0.25) is 4.79 Å². The normalized spacial score (nSPS) is 24.9. The zero-order chi connectivity index (χ0) is 17.1. The minimum Gasteiger partial charge on any atom is -0.374 e. The summed E-state index contributed by atoms with van der Waals surface area (Å²) in [6, 6.07) is 8.86. The zero-order valence-electron chi connectivity index (χ0n) is 15.2. The number of nitrogens with zero attached hydrogens (tertiary/aromatic N) is 2. The molecule has 0 N–H and O–H groups in total. The summed E-state index contributed by atoms with van der Waals surface area (Å²) < 4.78 is 5.62. The molecule has 0 bridgehead atoms. The van der Waals surface area contributed by atoms with Crippen LogP contribution in [0.5, 0.6) is 0 Å². The Morgan fingerprint density at radius 1 is 1.12 bits per heavy atom. The first kappa shape index (κ1) is 17.4.